The van der Waals surface area contributed by atoms with E-state index in [1.165, 1.54) is 0 Å². The second-order valence-electron chi connectivity index (χ2n) is 2.66. The van der Waals surface area contributed by atoms with Crippen molar-refractivity contribution >= 4 is 9.73 Å². The van der Waals surface area contributed by atoms with Gasteiger partial charge in [-0.2, -0.15) is 0 Å². The summed E-state index contributed by atoms with van der Waals surface area (Å²) in [5.41, 5.74) is 0. The molecule has 0 spiro atoms. The zero-order valence-corrected chi connectivity index (χ0v) is 8.80. The average Bonchev–Trinajstić information content (AvgIpc) is 2.18. The van der Waals surface area contributed by atoms with Crippen LogP contribution in [0.25, 0.3) is 0 Å². The zero-order valence-electron chi connectivity index (χ0n) is 7.98. The molecule has 0 saturated carbocycles. The summed E-state index contributed by atoms with van der Waals surface area (Å²) in [5.74, 6) is 0.759. The molecule has 1 atom stereocenters. The Hall–Kier alpha value is -1.03. The topological polar surface area (TPSA) is 38.7 Å². The van der Waals surface area contributed by atoms with Crippen LogP contribution in [0.15, 0.2) is 33.5 Å². The highest BCUT2D eigenvalue weighted by Crippen LogP contribution is 2.16. The third-order valence-electron chi connectivity index (χ3n) is 1.85. The number of hydrogen-bond acceptors (Lipinski definition) is 3. The fourth-order valence-electron chi connectivity index (χ4n) is 0.934. The first kappa shape index (κ1) is 10.1. The number of ether oxygens (including phenoxy) is 1. The first-order chi connectivity index (χ1) is 6.10. The average molecular weight is 199 g/mol. The lowest BCUT2D eigenvalue weighted by molar-refractivity contribution is 0.414. The van der Waals surface area contributed by atoms with Gasteiger partial charge in [0.25, 0.3) is 0 Å². The van der Waals surface area contributed by atoms with Gasteiger partial charge >= 0.3 is 0 Å². The van der Waals surface area contributed by atoms with Gasteiger partial charge in [-0.25, -0.2) is 8.57 Å². The van der Waals surface area contributed by atoms with Gasteiger partial charge in [0.1, 0.15) is 5.75 Å². The van der Waals surface area contributed by atoms with Crippen molar-refractivity contribution in [1.82, 2.24) is 0 Å². The molecule has 0 amide bonds. The molecule has 1 rings (SSSR count). The van der Waals surface area contributed by atoms with E-state index in [-0.39, 0.29) is 0 Å². The third kappa shape index (κ3) is 2.21. The van der Waals surface area contributed by atoms with Crippen LogP contribution in [0.5, 0.6) is 5.75 Å². The van der Waals surface area contributed by atoms with Crippen molar-refractivity contribution < 1.29 is 8.95 Å². The molecule has 0 aromatic heterocycles. The molecule has 0 fully saturated rings. The number of methoxy groups -OCH3 is 1. The van der Waals surface area contributed by atoms with Gasteiger partial charge in [-0.3, -0.25) is 0 Å². The van der Waals surface area contributed by atoms with Crippen LogP contribution in [0.3, 0.4) is 0 Å². The summed E-state index contributed by atoms with van der Waals surface area (Å²) in [6.07, 6.45) is 1.62. The molecule has 1 aromatic rings. The Morgan fingerprint density at radius 2 is 1.85 bits per heavy atom. The number of nitrogens with zero attached hydrogens (tertiary/aromatic N) is 1. The summed E-state index contributed by atoms with van der Waals surface area (Å²) >= 11 is 0. The van der Waals surface area contributed by atoms with E-state index < -0.39 is 9.73 Å². The Balaban J connectivity index is 3.14. The van der Waals surface area contributed by atoms with Crippen LogP contribution in [0.1, 0.15) is 0 Å². The van der Waals surface area contributed by atoms with Gasteiger partial charge in [-0.15, -0.1) is 0 Å². The maximum Gasteiger partial charge on any atom is 0.118 e. The molecule has 0 unspecified atom stereocenters. The molecule has 0 N–H and O–H groups in total. The maximum absolute atomic E-state index is 11.7. The van der Waals surface area contributed by atoms with Crippen molar-refractivity contribution in [2.24, 2.45) is 4.36 Å². The summed E-state index contributed by atoms with van der Waals surface area (Å²) in [7, 11) is 0.958. The number of benzene rings is 1. The summed E-state index contributed by atoms with van der Waals surface area (Å²) < 4.78 is 20.6. The van der Waals surface area contributed by atoms with Crippen molar-refractivity contribution in [3.8, 4) is 5.75 Å². The van der Waals surface area contributed by atoms with Crippen LogP contribution in [0.4, 0.5) is 0 Å². The summed E-state index contributed by atoms with van der Waals surface area (Å²) in [6, 6.07) is 7.11. The van der Waals surface area contributed by atoms with E-state index in [1.54, 1.807) is 44.7 Å². The molecule has 3 nitrogen and oxygen atoms in total. The van der Waals surface area contributed by atoms with Crippen molar-refractivity contribution in [1.29, 1.82) is 0 Å². The van der Waals surface area contributed by atoms with Crippen molar-refractivity contribution in [2.45, 2.75) is 4.90 Å². The second-order valence-corrected chi connectivity index (χ2v) is 5.10. The first-order valence-electron chi connectivity index (χ1n) is 3.84. The normalized spacial score (nSPS) is 14.7. The molecule has 72 valence electrons. The van der Waals surface area contributed by atoms with Crippen LogP contribution >= 0.6 is 0 Å². The minimum atomic E-state index is -2.20. The SMILES string of the molecule is CN=[S@@](C)(=O)c1ccc(OC)cc1. The minimum Gasteiger partial charge on any atom is -0.497 e. The summed E-state index contributed by atoms with van der Waals surface area (Å²) in [4.78, 5) is 0.732. The largest absolute Gasteiger partial charge is 0.497 e. The summed E-state index contributed by atoms with van der Waals surface area (Å²) in [5, 5.41) is 0. The molecule has 0 bridgehead atoms. The van der Waals surface area contributed by atoms with Gasteiger partial charge < -0.3 is 4.74 Å². The van der Waals surface area contributed by atoms with Gasteiger partial charge in [0.05, 0.1) is 16.8 Å². The van der Waals surface area contributed by atoms with E-state index >= 15 is 0 Å². The molecule has 4 heteroatoms. The smallest absolute Gasteiger partial charge is 0.118 e. The monoisotopic (exact) mass is 199 g/mol. The van der Waals surface area contributed by atoms with E-state index in [2.05, 4.69) is 4.36 Å². The Morgan fingerprint density at radius 1 is 1.31 bits per heavy atom. The molecule has 0 aliphatic heterocycles. The van der Waals surface area contributed by atoms with E-state index in [0.717, 1.165) is 10.6 Å². The third-order valence-corrected chi connectivity index (χ3v) is 3.69. The molecule has 13 heavy (non-hydrogen) atoms. The van der Waals surface area contributed by atoms with Crippen LogP contribution in [0.2, 0.25) is 0 Å². The van der Waals surface area contributed by atoms with Crippen LogP contribution in [0, 0.1) is 0 Å². The molecule has 0 radical (unpaired) electrons. The number of rotatable bonds is 2. The minimum absolute atomic E-state index is 0.732. The Labute approximate surface area is 78.9 Å². The van der Waals surface area contributed by atoms with E-state index in [4.69, 9.17) is 4.74 Å². The Bertz CT molecular complexity index is 389. The van der Waals surface area contributed by atoms with E-state index in [1.807, 2.05) is 0 Å². The Kier molecular flexibility index (Phi) is 2.93. The van der Waals surface area contributed by atoms with Crippen LogP contribution in [-0.2, 0) is 9.73 Å². The standard InChI is InChI=1S/C9H13NO2S/c1-10-13(3,11)9-6-4-8(12-2)5-7-9/h4-7H,1-3H3/t13-/m0/s1. The van der Waals surface area contributed by atoms with Gasteiger partial charge in [0.2, 0.25) is 0 Å². The molecule has 0 heterocycles. The lowest BCUT2D eigenvalue weighted by atomic mass is 10.3. The zero-order chi connectivity index (χ0) is 9.90. The maximum atomic E-state index is 11.7. The van der Waals surface area contributed by atoms with Gasteiger partial charge in [0.15, 0.2) is 0 Å². The molecule has 0 saturated heterocycles. The molecular weight excluding hydrogens is 186 g/mol. The quantitative estimate of drug-likeness (QED) is 0.728. The highest BCUT2D eigenvalue weighted by atomic mass is 32.2. The second kappa shape index (κ2) is 3.79. The lowest BCUT2D eigenvalue weighted by Crippen LogP contribution is -1.96. The van der Waals surface area contributed by atoms with Crippen molar-refractivity contribution in [3.63, 3.8) is 0 Å². The Morgan fingerprint density at radius 3 is 2.23 bits per heavy atom. The number of hydrogen-bond donors (Lipinski definition) is 0. The van der Waals surface area contributed by atoms with Crippen molar-refractivity contribution in [3.05, 3.63) is 24.3 Å². The lowest BCUT2D eigenvalue weighted by Gasteiger charge is -2.04. The van der Waals surface area contributed by atoms with Crippen molar-refractivity contribution in [2.75, 3.05) is 20.4 Å². The van der Waals surface area contributed by atoms with Gasteiger partial charge in [-0.05, 0) is 24.3 Å². The highest BCUT2D eigenvalue weighted by molar-refractivity contribution is 7.93. The van der Waals surface area contributed by atoms with Crippen LogP contribution in [-0.4, -0.2) is 24.6 Å². The highest BCUT2D eigenvalue weighted by Gasteiger charge is 2.03. The molecule has 1 aromatic carbocycles. The fraction of sp³-hybridized carbons (Fsp3) is 0.333. The fourth-order valence-corrected chi connectivity index (χ4v) is 1.79. The predicted octanol–water partition coefficient (Wildman–Crippen LogP) is 1.78. The first-order valence-corrected chi connectivity index (χ1v) is 5.77. The predicted molar refractivity (Wildman–Crippen MR) is 53.7 cm³/mol. The van der Waals surface area contributed by atoms with E-state index in [0.29, 0.717) is 0 Å². The molecule has 0 aliphatic carbocycles. The van der Waals surface area contributed by atoms with Gasteiger partial charge in [0, 0.05) is 18.2 Å². The molecule has 0 aliphatic rings. The van der Waals surface area contributed by atoms with Gasteiger partial charge in [-0.1, -0.05) is 0 Å². The van der Waals surface area contributed by atoms with E-state index in [9.17, 15) is 4.21 Å². The molecular formula is C9H13NO2S. The van der Waals surface area contributed by atoms with Crippen LogP contribution < -0.4 is 4.74 Å². The summed E-state index contributed by atoms with van der Waals surface area (Å²) in [6.45, 7) is 0.